The molecule has 0 aromatic heterocycles. The molecule has 1 spiro atoms. The van der Waals surface area contributed by atoms with E-state index < -0.39 is 17.4 Å². The molecule has 27 heavy (non-hydrogen) atoms. The van der Waals surface area contributed by atoms with Crippen molar-refractivity contribution in [2.45, 2.75) is 5.79 Å². The van der Waals surface area contributed by atoms with Crippen LogP contribution in [-0.4, -0.2) is 17.4 Å². The molecule has 0 amide bonds. The number of hydrogen-bond donors (Lipinski definition) is 0. The van der Waals surface area contributed by atoms with Crippen LogP contribution in [0.5, 0.6) is 11.5 Å². The number of rotatable bonds is 0. The van der Waals surface area contributed by atoms with Crippen LogP contribution >= 0.6 is 0 Å². The van der Waals surface area contributed by atoms with Crippen molar-refractivity contribution < 1.29 is 19.1 Å². The molecule has 1 aliphatic heterocycles. The van der Waals surface area contributed by atoms with Crippen LogP contribution in [0.4, 0.5) is 0 Å². The van der Waals surface area contributed by atoms with Crippen molar-refractivity contribution in [3.8, 4) is 11.5 Å². The summed E-state index contributed by atoms with van der Waals surface area (Å²) in [7, 11) is 0. The minimum absolute atomic E-state index is 0.344. The second-order valence-electron chi connectivity index (χ2n) is 6.87. The van der Waals surface area contributed by atoms with Gasteiger partial charge in [0.15, 0.2) is 11.5 Å². The predicted octanol–water partition coefficient (Wildman–Crippen LogP) is 4.54. The van der Waals surface area contributed by atoms with E-state index in [1.165, 1.54) is 0 Å². The molecule has 1 aliphatic carbocycles. The summed E-state index contributed by atoms with van der Waals surface area (Å²) in [5, 5.41) is 3.71. The van der Waals surface area contributed by atoms with Gasteiger partial charge in [-0.25, -0.2) is 0 Å². The fourth-order valence-electron chi connectivity index (χ4n) is 3.95. The van der Waals surface area contributed by atoms with Gasteiger partial charge in [0.25, 0.3) is 11.6 Å². The third kappa shape index (κ3) is 1.77. The van der Waals surface area contributed by atoms with E-state index >= 15 is 0 Å². The topological polar surface area (TPSA) is 52.6 Å². The van der Waals surface area contributed by atoms with Crippen molar-refractivity contribution in [3.63, 3.8) is 0 Å². The fourth-order valence-corrected chi connectivity index (χ4v) is 3.95. The Labute approximate surface area is 153 Å². The highest BCUT2D eigenvalue weighted by Gasteiger charge is 2.61. The summed E-state index contributed by atoms with van der Waals surface area (Å²) >= 11 is 0. The minimum atomic E-state index is -1.95. The lowest BCUT2D eigenvalue weighted by molar-refractivity contribution is -0.0245. The molecule has 0 saturated carbocycles. The monoisotopic (exact) mass is 352 g/mol. The summed E-state index contributed by atoms with van der Waals surface area (Å²) in [5.41, 5.74) is 0.687. The second kappa shape index (κ2) is 4.74. The number of ketones is 2. The lowest BCUT2D eigenvalue weighted by atomic mass is 10.0. The van der Waals surface area contributed by atoms with E-state index in [1.807, 2.05) is 48.5 Å². The molecule has 0 bridgehead atoms. The molecule has 6 rings (SSSR count). The Kier molecular flexibility index (Phi) is 2.54. The van der Waals surface area contributed by atoms with Crippen LogP contribution in [0.15, 0.2) is 72.8 Å². The zero-order valence-corrected chi connectivity index (χ0v) is 14.1. The van der Waals surface area contributed by atoms with Crippen LogP contribution < -0.4 is 9.47 Å². The van der Waals surface area contributed by atoms with Crippen molar-refractivity contribution in [1.29, 1.82) is 0 Å². The summed E-state index contributed by atoms with van der Waals surface area (Å²) in [5.74, 6) is -2.03. The van der Waals surface area contributed by atoms with Gasteiger partial charge in [0.05, 0.1) is 0 Å². The standard InChI is InChI=1S/C23H12O4/c24-21-17-9-13-5-1-2-6-14(13)10-18(17)22(25)23(21)26-19-11-15-7-3-4-8-16(15)12-20(19)27-23/h1-12H. The van der Waals surface area contributed by atoms with Gasteiger partial charge in [0, 0.05) is 11.1 Å². The molecule has 0 atom stereocenters. The van der Waals surface area contributed by atoms with Gasteiger partial charge in [-0.15, -0.1) is 0 Å². The van der Waals surface area contributed by atoms with Crippen molar-refractivity contribution >= 4 is 33.1 Å². The Morgan fingerprint density at radius 2 is 0.926 bits per heavy atom. The Hall–Kier alpha value is -3.66. The van der Waals surface area contributed by atoms with Crippen LogP contribution in [0, 0.1) is 0 Å². The number of carbonyl (C=O) groups is 2. The summed E-state index contributed by atoms with van der Waals surface area (Å²) < 4.78 is 11.8. The number of benzene rings is 4. The van der Waals surface area contributed by atoms with E-state index in [9.17, 15) is 9.59 Å². The van der Waals surface area contributed by atoms with Gasteiger partial charge in [-0.05, 0) is 45.8 Å². The first-order valence-electron chi connectivity index (χ1n) is 8.69. The Bertz CT molecular complexity index is 1220. The van der Waals surface area contributed by atoms with Crippen LogP contribution in [0.1, 0.15) is 20.7 Å². The molecule has 0 radical (unpaired) electrons. The Balaban J connectivity index is 1.53. The molecule has 0 fully saturated rings. The maximum atomic E-state index is 13.2. The predicted molar refractivity (Wildman–Crippen MR) is 101 cm³/mol. The molecule has 0 saturated heterocycles. The SMILES string of the molecule is O=C1c2cc3ccccc3cc2C(=O)C12Oc1cc3ccccc3cc1O2. The first kappa shape index (κ1) is 14.5. The molecule has 4 aromatic carbocycles. The first-order chi connectivity index (χ1) is 13.2. The van der Waals surface area contributed by atoms with Gasteiger partial charge >= 0.3 is 5.79 Å². The van der Waals surface area contributed by atoms with Crippen molar-refractivity contribution in [1.82, 2.24) is 0 Å². The second-order valence-corrected chi connectivity index (χ2v) is 6.87. The summed E-state index contributed by atoms with van der Waals surface area (Å²) in [6.07, 6.45) is 0. The molecule has 4 nitrogen and oxygen atoms in total. The maximum absolute atomic E-state index is 13.2. The van der Waals surface area contributed by atoms with Crippen LogP contribution in [-0.2, 0) is 0 Å². The Morgan fingerprint density at radius 3 is 1.33 bits per heavy atom. The van der Waals surface area contributed by atoms with Crippen LogP contribution in [0.2, 0.25) is 0 Å². The van der Waals surface area contributed by atoms with Crippen LogP contribution in [0.3, 0.4) is 0 Å². The lowest BCUT2D eigenvalue weighted by Crippen LogP contribution is -2.49. The maximum Gasteiger partial charge on any atom is 0.383 e. The van der Waals surface area contributed by atoms with Gasteiger partial charge in [0.1, 0.15) is 0 Å². The molecular formula is C23H12O4. The van der Waals surface area contributed by atoms with Gasteiger partial charge < -0.3 is 9.47 Å². The number of ether oxygens (including phenoxy) is 2. The Morgan fingerprint density at radius 1 is 0.556 bits per heavy atom. The molecule has 0 N–H and O–H groups in total. The number of hydrogen-bond acceptors (Lipinski definition) is 4. The highest BCUT2D eigenvalue weighted by Crippen LogP contribution is 2.47. The molecule has 4 heteroatoms. The number of carbonyl (C=O) groups excluding carboxylic acids is 2. The van der Waals surface area contributed by atoms with Gasteiger partial charge in [-0.1, -0.05) is 48.5 Å². The quantitative estimate of drug-likeness (QED) is 0.436. The fraction of sp³-hybridized carbons (Fsp3) is 0.0435. The zero-order chi connectivity index (χ0) is 18.2. The summed E-state index contributed by atoms with van der Waals surface area (Å²) in [6.45, 7) is 0. The normalized spacial score (nSPS) is 16.4. The van der Waals surface area contributed by atoms with E-state index in [0.717, 1.165) is 21.5 Å². The molecule has 128 valence electrons. The van der Waals surface area contributed by atoms with Crippen molar-refractivity contribution in [2.24, 2.45) is 0 Å². The van der Waals surface area contributed by atoms with Crippen LogP contribution in [0.25, 0.3) is 21.5 Å². The highest BCUT2D eigenvalue weighted by molar-refractivity contribution is 6.32. The third-order valence-electron chi connectivity index (χ3n) is 5.29. The molecule has 4 aromatic rings. The molecule has 0 unspecified atom stereocenters. The summed E-state index contributed by atoms with van der Waals surface area (Å²) in [6, 6.07) is 22.5. The third-order valence-corrected chi connectivity index (χ3v) is 5.29. The van der Waals surface area contributed by atoms with Crippen molar-refractivity contribution in [3.05, 3.63) is 83.9 Å². The average Bonchev–Trinajstić information content (AvgIpc) is 3.16. The number of Topliss-reactive ketones (excluding diaryl/α,β-unsaturated/α-hetero) is 2. The molecular weight excluding hydrogens is 340 g/mol. The van der Waals surface area contributed by atoms with E-state index in [1.54, 1.807) is 24.3 Å². The minimum Gasteiger partial charge on any atom is -0.435 e. The number of fused-ring (bicyclic) bond motifs is 4. The van der Waals surface area contributed by atoms with E-state index in [2.05, 4.69) is 0 Å². The zero-order valence-electron chi connectivity index (χ0n) is 14.1. The van der Waals surface area contributed by atoms with Gasteiger partial charge in [-0.2, -0.15) is 0 Å². The smallest absolute Gasteiger partial charge is 0.383 e. The van der Waals surface area contributed by atoms with Crippen molar-refractivity contribution in [2.75, 3.05) is 0 Å². The molecule has 2 aliphatic rings. The highest BCUT2D eigenvalue weighted by atomic mass is 16.7. The first-order valence-corrected chi connectivity index (χ1v) is 8.69. The van der Waals surface area contributed by atoms with E-state index in [0.29, 0.717) is 22.6 Å². The van der Waals surface area contributed by atoms with E-state index in [4.69, 9.17) is 9.47 Å². The largest absolute Gasteiger partial charge is 0.435 e. The van der Waals surface area contributed by atoms with Gasteiger partial charge in [-0.3, -0.25) is 9.59 Å². The lowest BCUT2D eigenvalue weighted by Gasteiger charge is -2.17. The van der Waals surface area contributed by atoms with E-state index in [-0.39, 0.29) is 0 Å². The summed E-state index contributed by atoms with van der Waals surface area (Å²) in [4.78, 5) is 26.3. The van der Waals surface area contributed by atoms with Gasteiger partial charge in [0.2, 0.25) is 0 Å². The average molecular weight is 352 g/mol. The molecule has 1 heterocycles.